The molecule has 66 valence electrons. The Labute approximate surface area is 70.2 Å². The molecular weight excluding hydrogens is 136 g/mol. The van der Waals surface area contributed by atoms with Crippen LogP contribution in [-0.2, 0) is 4.79 Å². The number of Topliss-reactive ketones (excluding diaryl/α,β-unsaturated/α-hetero) is 1. The second kappa shape index (κ2) is 4.53. The quantitative estimate of drug-likeness (QED) is 0.611. The maximum Gasteiger partial charge on any atom is 0.133 e. The summed E-state index contributed by atoms with van der Waals surface area (Å²) in [5.74, 6) is 1.74. The lowest BCUT2D eigenvalue weighted by molar-refractivity contribution is -0.122. The molecule has 11 heavy (non-hydrogen) atoms. The fourth-order valence-corrected chi connectivity index (χ4v) is 1.42. The van der Waals surface area contributed by atoms with E-state index in [0.29, 0.717) is 17.6 Å². The zero-order valence-electron chi connectivity index (χ0n) is 8.35. The molecule has 0 N–H and O–H groups in total. The largest absolute Gasteiger partial charge is 0.300 e. The third-order valence-corrected chi connectivity index (χ3v) is 2.05. The van der Waals surface area contributed by atoms with Gasteiger partial charge in [0.05, 0.1) is 0 Å². The molecule has 0 saturated carbocycles. The van der Waals surface area contributed by atoms with E-state index in [4.69, 9.17) is 0 Å². The number of rotatable bonds is 4. The zero-order chi connectivity index (χ0) is 9.02. The highest BCUT2D eigenvalue weighted by Crippen LogP contribution is 2.20. The van der Waals surface area contributed by atoms with Crippen LogP contribution in [-0.4, -0.2) is 5.78 Å². The van der Waals surface area contributed by atoms with Crippen molar-refractivity contribution in [3.63, 3.8) is 0 Å². The SMILES string of the molecule is CC(=O)C(CC(C)C)C(C)C. The van der Waals surface area contributed by atoms with Gasteiger partial charge < -0.3 is 0 Å². The first-order valence-electron chi connectivity index (χ1n) is 4.45. The number of carbonyl (C=O) groups excluding carboxylic acids is 1. The highest BCUT2D eigenvalue weighted by molar-refractivity contribution is 5.78. The lowest BCUT2D eigenvalue weighted by Gasteiger charge is -2.19. The molecule has 1 nitrogen and oxygen atoms in total. The van der Waals surface area contributed by atoms with Crippen molar-refractivity contribution in [2.75, 3.05) is 0 Å². The van der Waals surface area contributed by atoms with Gasteiger partial charge >= 0.3 is 0 Å². The highest BCUT2D eigenvalue weighted by atomic mass is 16.1. The molecule has 0 aromatic heterocycles. The lowest BCUT2D eigenvalue weighted by Crippen LogP contribution is -2.19. The van der Waals surface area contributed by atoms with Crippen LogP contribution in [0.2, 0.25) is 0 Å². The standard InChI is InChI=1S/C10H20O/c1-7(2)6-10(8(3)4)9(5)11/h7-8,10H,6H2,1-5H3. The Morgan fingerprint density at radius 1 is 1.18 bits per heavy atom. The zero-order valence-corrected chi connectivity index (χ0v) is 8.35. The molecule has 0 aromatic carbocycles. The van der Waals surface area contributed by atoms with E-state index < -0.39 is 0 Å². The molecular formula is C10H20O. The Morgan fingerprint density at radius 2 is 1.64 bits per heavy atom. The van der Waals surface area contributed by atoms with Crippen LogP contribution in [0.4, 0.5) is 0 Å². The fourth-order valence-electron chi connectivity index (χ4n) is 1.42. The number of hydrogen-bond acceptors (Lipinski definition) is 1. The van der Waals surface area contributed by atoms with Crippen molar-refractivity contribution < 1.29 is 4.79 Å². The van der Waals surface area contributed by atoms with E-state index in [9.17, 15) is 4.79 Å². The molecule has 0 aliphatic heterocycles. The van der Waals surface area contributed by atoms with Gasteiger partial charge in [0, 0.05) is 5.92 Å². The lowest BCUT2D eigenvalue weighted by atomic mass is 9.85. The van der Waals surface area contributed by atoms with Gasteiger partial charge in [-0.1, -0.05) is 27.7 Å². The van der Waals surface area contributed by atoms with Gasteiger partial charge in [-0.2, -0.15) is 0 Å². The van der Waals surface area contributed by atoms with Gasteiger partial charge in [-0.05, 0) is 25.2 Å². The molecule has 1 unspecified atom stereocenters. The molecule has 1 heteroatoms. The van der Waals surface area contributed by atoms with Crippen LogP contribution in [0.5, 0.6) is 0 Å². The molecule has 0 saturated heterocycles. The Hall–Kier alpha value is -0.330. The Balaban J connectivity index is 4.01. The van der Waals surface area contributed by atoms with Crippen LogP contribution in [0.3, 0.4) is 0 Å². The molecule has 0 aliphatic rings. The summed E-state index contributed by atoms with van der Waals surface area (Å²) in [6, 6.07) is 0. The predicted octanol–water partition coefficient (Wildman–Crippen LogP) is 2.89. The summed E-state index contributed by atoms with van der Waals surface area (Å²) in [7, 11) is 0. The van der Waals surface area contributed by atoms with Crippen molar-refractivity contribution in [1.82, 2.24) is 0 Å². The predicted molar refractivity (Wildman–Crippen MR) is 48.5 cm³/mol. The van der Waals surface area contributed by atoms with Crippen LogP contribution in [0.1, 0.15) is 41.0 Å². The van der Waals surface area contributed by atoms with Gasteiger partial charge in [-0.25, -0.2) is 0 Å². The van der Waals surface area contributed by atoms with E-state index in [0.717, 1.165) is 6.42 Å². The fraction of sp³-hybridized carbons (Fsp3) is 0.900. The molecule has 1 atom stereocenters. The smallest absolute Gasteiger partial charge is 0.133 e. The van der Waals surface area contributed by atoms with Crippen molar-refractivity contribution in [3.8, 4) is 0 Å². The van der Waals surface area contributed by atoms with Crippen molar-refractivity contribution in [2.24, 2.45) is 17.8 Å². The minimum atomic E-state index is 0.273. The van der Waals surface area contributed by atoms with E-state index in [-0.39, 0.29) is 5.92 Å². The first-order valence-corrected chi connectivity index (χ1v) is 4.45. The summed E-state index contributed by atoms with van der Waals surface area (Å²) in [6.45, 7) is 10.3. The normalized spacial score (nSPS) is 14.1. The second-order valence-electron chi connectivity index (χ2n) is 4.09. The molecule has 0 rings (SSSR count). The molecule has 0 spiro atoms. The molecule has 0 radical (unpaired) electrons. The topological polar surface area (TPSA) is 17.1 Å². The molecule has 0 amide bonds. The van der Waals surface area contributed by atoms with E-state index in [2.05, 4.69) is 27.7 Å². The van der Waals surface area contributed by atoms with E-state index in [1.54, 1.807) is 6.92 Å². The average Bonchev–Trinajstić information content (AvgIpc) is 1.81. The summed E-state index contributed by atoms with van der Waals surface area (Å²) < 4.78 is 0. The summed E-state index contributed by atoms with van der Waals surface area (Å²) in [5, 5.41) is 0. The van der Waals surface area contributed by atoms with Crippen molar-refractivity contribution in [1.29, 1.82) is 0 Å². The van der Waals surface area contributed by atoms with Crippen molar-refractivity contribution in [3.05, 3.63) is 0 Å². The first-order chi connectivity index (χ1) is 4.95. The van der Waals surface area contributed by atoms with Crippen molar-refractivity contribution in [2.45, 2.75) is 41.0 Å². The summed E-state index contributed by atoms with van der Waals surface area (Å²) >= 11 is 0. The van der Waals surface area contributed by atoms with Crippen LogP contribution in [0.25, 0.3) is 0 Å². The van der Waals surface area contributed by atoms with Crippen LogP contribution in [0.15, 0.2) is 0 Å². The minimum Gasteiger partial charge on any atom is -0.300 e. The average molecular weight is 156 g/mol. The number of carbonyl (C=O) groups is 1. The Morgan fingerprint density at radius 3 is 1.73 bits per heavy atom. The maximum absolute atomic E-state index is 11.1. The molecule has 0 heterocycles. The number of hydrogen-bond donors (Lipinski definition) is 0. The van der Waals surface area contributed by atoms with Crippen LogP contribution < -0.4 is 0 Å². The summed E-state index contributed by atoms with van der Waals surface area (Å²) in [6.07, 6.45) is 1.03. The van der Waals surface area contributed by atoms with Gasteiger partial charge in [0.1, 0.15) is 5.78 Å². The van der Waals surface area contributed by atoms with E-state index in [1.807, 2.05) is 0 Å². The summed E-state index contributed by atoms with van der Waals surface area (Å²) in [5.41, 5.74) is 0. The molecule has 0 aromatic rings. The first kappa shape index (κ1) is 10.7. The third-order valence-electron chi connectivity index (χ3n) is 2.05. The van der Waals surface area contributed by atoms with Crippen LogP contribution >= 0.6 is 0 Å². The Kier molecular flexibility index (Phi) is 4.39. The second-order valence-corrected chi connectivity index (χ2v) is 4.09. The van der Waals surface area contributed by atoms with Gasteiger partial charge in [0.2, 0.25) is 0 Å². The highest BCUT2D eigenvalue weighted by Gasteiger charge is 2.18. The van der Waals surface area contributed by atoms with Gasteiger partial charge in [0.25, 0.3) is 0 Å². The monoisotopic (exact) mass is 156 g/mol. The van der Waals surface area contributed by atoms with E-state index in [1.165, 1.54) is 0 Å². The van der Waals surface area contributed by atoms with Gasteiger partial charge in [-0.15, -0.1) is 0 Å². The summed E-state index contributed by atoms with van der Waals surface area (Å²) in [4.78, 5) is 11.1. The number of ketones is 1. The minimum absolute atomic E-state index is 0.273. The molecule has 0 fully saturated rings. The Bertz CT molecular complexity index is 125. The third kappa shape index (κ3) is 4.18. The van der Waals surface area contributed by atoms with Gasteiger partial charge in [-0.3, -0.25) is 4.79 Å². The van der Waals surface area contributed by atoms with Crippen molar-refractivity contribution >= 4 is 5.78 Å². The molecule has 0 aliphatic carbocycles. The van der Waals surface area contributed by atoms with Crippen LogP contribution in [0, 0.1) is 17.8 Å². The van der Waals surface area contributed by atoms with E-state index >= 15 is 0 Å². The maximum atomic E-state index is 11.1. The van der Waals surface area contributed by atoms with Gasteiger partial charge in [0.15, 0.2) is 0 Å². The molecule has 0 bridgehead atoms.